The van der Waals surface area contributed by atoms with E-state index in [0.29, 0.717) is 24.2 Å². The molecule has 0 spiro atoms. The van der Waals surface area contributed by atoms with Crippen LogP contribution in [-0.2, 0) is 12.8 Å². The first-order valence-corrected chi connectivity index (χ1v) is 8.55. The quantitative estimate of drug-likeness (QED) is 0.471. The van der Waals surface area contributed by atoms with E-state index in [0.717, 1.165) is 17.5 Å². The fourth-order valence-corrected chi connectivity index (χ4v) is 2.73. The van der Waals surface area contributed by atoms with Crippen LogP contribution < -0.4 is 4.74 Å². The van der Waals surface area contributed by atoms with Gasteiger partial charge < -0.3 is 4.74 Å². The van der Waals surface area contributed by atoms with Crippen LogP contribution in [0.5, 0.6) is 5.75 Å². The molecule has 0 aliphatic carbocycles. The van der Waals surface area contributed by atoms with E-state index in [9.17, 15) is 4.79 Å². The monoisotopic (exact) mass is 341 g/mol. The van der Waals surface area contributed by atoms with Gasteiger partial charge in [-0.25, -0.2) is 4.79 Å². The molecule has 0 radical (unpaired) electrons. The van der Waals surface area contributed by atoms with Crippen LogP contribution in [0.15, 0.2) is 78.9 Å². The third kappa shape index (κ3) is 4.81. The van der Waals surface area contributed by atoms with E-state index in [1.54, 1.807) is 18.2 Å². The van der Waals surface area contributed by atoms with Gasteiger partial charge in [0.25, 0.3) is 0 Å². The topological polar surface area (TPSA) is 50.1 Å². The lowest BCUT2D eigenvalue weighted by Gasteiger charge is -2.07. The number of carbonyl (C=O) groups excluding carboxylic acids is 1. The Bertz CT molecular complexity index is 909. The number of aryl methyl sites for hydroxylation is 1. The Morgan fingerprint density at radius 2 is 1.58 bits per heavy atom. The lowest BCUT2D eigenvalue weighted by atomic mass is 10.0. The van der Waals surface area contributed by atoms with Crippen molar-refractivity contribution in [1.82, 2.24) is 0 Å². The number of nitrogens with zero attached hydrogens (tertiary/aromatic N) is 1. The summed E-state index contributed by atoms with van der Waals surface area (Å²) in [6.45, 7) is 0. The van der Waals surface area contributed by atoms with Gasteiger partial charge in [0.2, 0.25) is 0 Å². The average molecular weight is 341 g/mol. The van der Waals surface area contributed by atoms with Gasteiger partial charge in [-0.15, -0.1) is 0 Å². The number of hydrogen-bond acceptors (Lipinski definition) is 3. The van der Waals surface area contributed by atoms with E-state index in [1.165, 1.54) is 5.56 Å². The number of rotatable bonds is 6. The summed E-state index contributed by atoms with van der Waals surface area (Å²) >= 11 is 0. The molecule has 3 aromatic carbocycles. The first-order valence-electron chi connectivity index (χ1n) is 8.55. The van der Waals surface area contributed by atoms with Gasteiger partial charge in [-0.1, -0.05) is 54.6 Å². The molecule has 0 saturated heterocycles. The van der Waals surface area contributed by atoms with E-state index in [2.05, 4.69) is 18.2 Å². The Morgan fingerprint density at radius 3 is 2.31 bits per heavy atom. The second-order valence-electron chi connectivity index (χ2n) is 6.05. The number of hydrogen-bond donors (Lipinski definition) is 0. The first-order chi connectivity index (χ1) is 12.7. The van der Waals surface area contributed by atoms with Gasteiger partial charge in [0.1, 0.15) is 5.75 Å². The Labute approximate surface area is 153 Å². The van der Waals surface area contributed by atoms with Crippen LogP contribution in [0.4, 0.5) is 0 Å². The number of benzene rings is 3. The molecule has 0 unspecified atom stereocenters. The Hall–Kier alpha value is -3.38. The lowest BCUT2D eigenvalue weighted by molar-refractivity contribution is 0.0734. The zero-order valence-corrected chi connectivity index (χ0v) is 14.4. The second-order valence-corrected chi connectivity index (χ2v) is 6.05. The van der Waals surface area contributed by atoms with Crippen LogP contribution in [-0.4, -0.2) is 5.97 Å². The summed E-state index contributed by atoms with van der Waals surface area (Å²) in [5.74, 6) is 0.133. The molecule has 0 amide bonds. The normalized spacial score (nSPS) is 10.1. The largest absolute Gasteiger partial charge is 0.423 e. The van der Waals surface area contributed by atoms with Crippen molar-refractivity contribution < 1.29 is 9.53 Å². The molecular weight excluding hydrogens is 322 g/mol. The van der Waals surface area contributed by atoms with Crippen molar-refractivity contribution in [2.24, 2.45) is 0 Å². The summed E-state index contributed by atoms with van der Waals surface area (Å²) in [6.07, 6.45) is 1.95. The molecule has 0 N–H and O–H groups in total. The summed E-state index contributed by atoms with van der Waals surface area (Å²) in [5.41, 5.74) is 3.85. The maximum atomic E-state index is 12.4. The number of nitriles is 1. The zero-order chi connectivity index (χ0) is 18.2. The van der Waals surface area contributed by atoms with E-state index >= 15 is 0 Å². The van der Waals surface area contributed by atoms with Crippen LogP contribution in [0.3, 0.4) is 0 Å². The molecule has 0 fully saturated rings. The first kappa shape index (κ1) is 17.4. The van der Waals surface area contributed by atoms with Gasteiger partial charge in [-0.3, -0.25) is 0 Å². The highest BCUT2D eigenvalue weighted by molar-refractivity contribution is 5.91. The summed E-state index contributed by atoms with van der Waals surface area (Å²) in [5, 5.41) is 8.62. The van der Waals surface area contributed by atoms with E-state index in [-0.39, 0.29) is 5.97 Å². The maximum absolute atomic E-state index is 12.4. The van der Waals surface area contributed by atoms with E-state index < -0.39 is 0 Å². The van der Waals surface area contributed by atoms with E-state index in [4.69, 9.17) is 10.00 Å². The minimum atomic E-state index is -0.371. The fraction of sp³-hybridized carbons (Fsp3) is 0.130. The molecule has 0 heterocycles. The highest BCUT2D eigenvalue weighted by Crippen LogP contribution is 2.17. The van der Waals surface area contributed by atoms with Gasteiger partial charge in [0, 0.05) is 6.42 Å². The van der Waals surface area contributed by atoms with Crippen molar-refractivity contribution in [3.05, 3.63) is 101 Å². The third-order valence-electron chi connectivity index (χ3n) is 4.07. The molecule has 3 nitrogen and oxygen atoms in total. The van der Waals surface area contributed by atoms with Crippen molar-refractivity contribution in [3.63, 3.8) is 0 Å². The van der Waals surface area contributed by atoms with Gasteiger partial charge in [0.05, 0.1) is 11.6 Å². The van der Waals surface area contributed by atoms with Gasteiger partial charge >= 0.3 is 5.97 Å². The number of esters is 1. The molecule has 3 aromatic rings. The van der Waals surface area contributed by atoms with Crippen LogP contribution in [0.1, 0.15) is 33.5 Å². The summed E-state index contributed by atoms with van der Waals surface area (Å²) in [6, 6.07) is 27.1. The fourth-order valence-electron chi connectivity index (χ4n) is 2.73. The van der Waals surface area contributed by atoms with Crippen molar-refractivity contribution in [1.29, 1.82) is 5.26 Å². The van der Waals surface area contributed by atoms with Crippen molar-refractivity contribution >= 4 is 5.97 Å². The molecule has 0 saturated carbocycles. The van der Waals surface area contributed by atoms with E-state index in [1.807, 2.05) is 48.5 Å². The molecule has 3 rings (SSSR count). The summed E-state index contributed by atoms with van der Waals surface area (Å²) in [4.78, 5) is 12.4. The highest BCUT2D eigenvalue weighted by atomic mass is 16.5. The third-order valence-corrected chi connectivity index (χ3v) is 4.07. The van der Waals surface area contributed by atoms with Crippen LogP contribution in [0, 0.1) is 11.3 Å². The number of carbonyl (C=O) groups is 1. The van der Waals surface area contributed by atoms with Crippen LogP contribution in [0.25, 0.3) is 0 Å². The van der Waals surface area contributed by atoms with Gasteiger partial charge in [-0.2, -0.15) is 5.26 Å². The van der Waals surface area contributed by atoms with Crippen molar-refractivity contribution in [3.8, 4) is 11.8 Å². The molecule has 26 heavy (non-hydrogen) atoms. The zero-order valence-electron chi connectivity index (χ0n) is 14.4. The highest BCUT2D eigenvalue weighted by Gasteiger charge is 2.09. The van der Waals surface area contributed by atoms with Crippen molar-refractivity contribution in [2.45, 2.75) is 19.3 Å². The maximum Gasteiger partial charge on any atom is 0.343 e. The summed E-state index contributed by atoms with van der Waals surface area (Å²) in [7, 11) is 0. The average Bonchev–Trinajstić information content (AvgIpc) is 2.68. The Kier molecular flexibility index (Phi) is 5.80. The Balaban J connectivity index is 1.66. The molecule has 0 bridgehead atoms. The predicted octanol–water partition coefficient (Wildman–Crippen LogP) is 4.95. The molecule has 0 aromatic heterocycles. The molecule has 128 valence electrons. The van der Waals surface area contributed by atoms with Gasteiger partial charge in [-0.05, 0) is 53.8 Å². The molecule has 3 heteroatoms. The molecule has 0 aliphatic heterocycles. The number of ether oxygens (including phenoxy) is 1. The molecular formula is C23H19NO2. The lowest BCUT2D eigenvalue weighted by Crippen LogP contribution is -2.09. The summed E-state index contributed by atoms with van der Waals surface area (Å²) < 4.78 is 5.46. The minimum Gasteiger partial charge on any atom is -0.423 e. The SMILES string of the molecule is N#CCCc1ccc(OC(=O)c2cccc(Cc3ccccc3)c2)cc1. The van der Waals surface area contributed by atoms with Crippen LogP contribution in [0.2, 0.25) is 0 Å². The van der Waals surface area contributed by atoms with Crippen LogP contribution >= 0.6 is 0 Å². The molecule has 0 aliphatic rings. The second kappa shape index (κ2) is 8.64. The smallest absolute Gasteiger partial charge is 0.343 e. The standard InChI is InChI=1S/C23H19NO2/c24-15-5-9-18-11-13-22(14-12-18)26-23(25)21-10-4-8-20(17-21)16-19-6-2-1-3-7-19/h1-4,6-8,10-14,17H,5,9,16H2. The predicted molar refractivity (Wildman–Crippen MR) is 101 cm³/mol. The van der Waals surface area contributed by atoms with Gasteiger partial charge in [0.15, 0.2) is 0 Å². The van der Waals surface area contributed by atoms with Crippen molar-refractivity contribution in [2.75, 3.05) is 0 Å². The Morgan fingerprint density at radius 1 is 0.846 bits per heavy atom. The minimum absolute atomic E-state index is 0.371. The molecule has 0 atom stereocenters.